The minimum absolute atomic E-state index is 0.0212. The molecule has 1 aliphatic carbocycles. The van der Waals surface area contributed by atoms with Gasteiger partial charge in [0, 0.05) is 12.1 Å². The second-order valence-electron chi connectivity index (χ2n) is 6.05. The Kier molecular flexibility index (Phi) is 5.18. The number of rotatable bonds is 7. The summed E-state index contributed by atoms with van der Waals surface area (Å²) in [5.74, 6) is 0.498. The molecule has 7 heteroatoms. The quantitative estimate of drug-likeness (QED) is 0.779. The van der Waals surface area contributed by atoms with E-state index in [1.807, 2.05) is 18.4 Å². The molecule has 0 aliphatic heterocycles. The zero-order valence-electron chi connectivity index (χ0n) is 13.8. The van der Waals surface area contributed by atoms with Crippen molar-refractivity contribution in [3.05, 3.63) is 30.1 Å². The molecule has 1 aliphatic rings. The molecule has 5 nitrogen and oxygen atoms in total. The van der Waals surface area contributed by atoms with E-state index in [0.717, 1.165) is 19.3 Å². The van der Waals surface area contributed by atoms with Gasteiger partial charge >= 0.3 is 0 Å². The third kappa shape index (κ3) is 3.77. The van der Waals surface area contributed by atoms with Crippen molar-refractivity contribution in [2.24, 2.45) is 0 Å². The van der Waals surface area contributed by atoms with Crippen molar-refractivity contribution in [2.75, 3.05) is 5.75 Å². The molecule has 0 saturated heterocycles. The Bertz CT molecular complexity index is 729. The summed E-state index contributed by atoms with van der Waals surface area (Å²) in [5, 5.41) is 12.0. The Balaban J connectivity index is 1.78. The molecule has 0 spiro atoms. The molecule has 1 saturated carbocycles. The molecule has 1 fully saturated rings. The Hall–Kier alpha value is -1.89. The normalized spacial score (nSPS) is 15.3. The number of carbonyl (C=O) groups excluding carboxylic acids is 1. The predicted octanol–water partition coefficient (Wildman–Crippen LogP) is 3.43. The van der Waals surface area contributed by atoms with Gasteiger partial charge in [0.1, 0.15) is 5.82 Å². The van der Waals surface area contributed by atoms with Crippen molar-refractivity contribution in [1.29, 1.82) is 0 Å². The van der Waals surface area contributed by atoms with Crippen LogP contribution in [0.4, 0.5) is 4.39 Å². The van der Waals surface area contributed by atoms with Gasteiger partial charge in [-0.1, -0.05) is 30.8 Å². The summed E-state index contributed by atoms with van der Waals surface area (Å²) in [6.45, 7) is 4.01. The lowest BCUT2D eigenvalue weighted by molar-refractivity contribution is -0.119. The van der Waals surface area contributed by atoms with Crippen molar-refractivity contribution < 1.29 is 9.18 Å². The predicted molar refractivity (Wildman–Crippen MR) is 92.3 cm³/mol. The molecule has 3 rings (SSSR count). The molecule has 1 aromatic carbocycles. The van der Waals surface area contributed by atoms with E-state index in [9.17, 15) is 9.18 Å². The molecule has 0 radical (unpaired) electrons. The highest BCUT2D eigenvalue weighted by molar-refractivity contribution is 7.99. The maximum Gasteiger partial charge on any atom is 0.230 e. The highest BCUT2D eigenvalue weighted by Crippen LogP contribution is 2.41. The van der Waals surface area contributed by atoms with Gasteiger partial charge < -0.3 is 5.32 Å². The Morgan fingerprint density at radius 2 is 2.17 bits per heavy atom. The van der Waals surface area contributed by atoms with Crippen LogP contribution in [-0.4, -0.2) is 32.5 Å². The number of hydrogen-bond donors (Lipinski definition) is 1. The van der Waals surface area contributed by atoms with Gasteiger partial charge in [0.2, 0.25) is 5.91 Å². The summed E-state index contributed by atoms with van der Waals surface area (Å²) < 4.78 is 16.1. The number of hydrogen-bond acceptors (Lipinski definition) is 4. The van der Waals surface area contributed by atoms with Crippen LogP contribution in [-0.2, 0) is 4.79 Å². The Morgan fingerprint density at radius 3 is 2.83 bits per heavy atom. The molecule has 1 atom stereocenters. The molecule has 0 unspecified atom stereocenters. The van der Waals surface area contributed by atoms with Crippen molar-refractivity contribution >= 4 is 17.7 Å². The van der Waals surface area contributed by atoms with Gasteiger partial charge in [-0.05, 0) is 38.3 Å². The summed E-state index contributed by atoms with van der Waals surface area (Å²) in [6.07, 6.45) is 2.96. The zero-order chi connectivity index (χ0) is 17.1. The molecule has 0 bridgehead atoms. The first-order valence-corrected chi connectivity index (χ1v) is 9.20. The second kappa shape index (κ2) is 7.34. The van der Waals surface area contributed by atoms with E-state index in [1.54, 1.807) is 18.2 Å². The molecule has 2 aromatic rings. The van der Waals surface area contributed by atoms with E-state index in [2.05, 4.69) is 15.5 Å². The van der Waals surface area contributed by atoms with Gasteiger partial charge in [0.15, 0.2) is 11.0 Å². The first-order chi connectivity index (χ1) is 11.6. The summed E-state index contributed by atoms with van der Waals surface area (Å²) in [5.41, 5.74) is 0.452. The molecular formula is C17H21FN4OS. The minimum Gasteiger partial charge on any atom is -0.353 e. The van der Waals surface area contributed by atoms with Crippen LogP contribution >= 0.6 is 11.8 Å². The van der Waals surface area contributed by atoms with E-state index in [0.29, 0.717) is 22.6 Å². The number of thioether (sulfide) groups is 1. The van der Waals surface area contributed by atoms with Crippen LogP contribution in [0.1, 0.15) is 39.2 Å². The summed E-state index contributed by atoms with van der Waals surface area (Å²) >= 11 is 1.35. The van der Waals surface area contributed by atoms with Crippen LogP contribution in [0.2, 0.25) is 0 Å². The van der Waals surface area contributed by atoms with Gasteiger partial charge in [-0.3, -0.25) is 9.36 Å². The van der Waals surface area contributed by atoms with Gasteiger partial charge in [0.25, 0.3) is 0 Å². The topological polar surface area (TPSA) is 59.8 Å². The van der Waals surface area contributed by atoms with E-state index in [1.165, 1.54) is 17.8 Å². The van der Waals surface area contributed by atoms with E-state index in [-0.39, 0.29) is 23.5 Å². The second-order valence-corrected chi connectivity index (χ2v) is 7.00. The third-order valence-electron chi connectivity index (χ3n) is 4.04. The van der Waals surface area contributed by atoms with Gasteiger partial charge in [-0.2, -0.15) is 0 Å². The smallest absolute Gasteiger partial charge is 0.230 e. The number of nitrogens with zero attached hydrogens (tertiary/aromatic N) is 3. The Morgan fingerprint density at radius 1 is 1.42 bits per heavy atom. The Labute approximate surface area is 145 Å². The lowest BCUT2D eigenvalue weighted by Crippen LogP contribution is -2.33. The van der Waals surface area contributed by atoms with Crippen molar-refractivity contribution in [1.82, 2.24) is 20.1 Å². The fourth-order valence-electron chi connectivity index (χ4n) is 2.41. The fourth-order valence-corrected chi connectivity index (χ4v) is 3.23. The van der Waals surface area contributed by atoms with Crippen LogP contribution in [0.5, 0.6) is 0 Å². The van der Waals surface area contributed by atoms with Crippen molar-refractivity contribution in [3.8, 4) is 11.4 Å². The summed E-state index contributed by atoms with van der Waals surface area (Å²) in [7, 11) is 0. The van der Waals surface area contributed by atoms with Crippen LogP contribution in [0.3, 0.4) is 0 Å². The third-order valence-corrected chi connectivity index (χ3v) is 4.99. The molecule has 128 valence electrons. The molecule has 24 heavy (non-hydrogen) atoms. The molecule has 1 N–H and O–H groups in total. The number of amides is 1. The minimum atomic E-state index is -0.308. The number of halogens is 1. The van der Waals surface area contributed by atoms with Crippen LogP contribution in [0.25, 0.3) is 11.4 Å². The lowest BCUT2D eigenvalue weighted by atomic mass is 10.2. The number of benzene rings is 1. The van der Waals surface area contributed by atoms with Crippen molar-refractivity contribution in [2.45, 2.75) is 50.4 Å². The number of carbonyl (C=O) groups is 1. The average molecular weight is 348 g/mol. The molecule has 1 amide bonds. The summed E-state index contributed by atoms with van der Waals surface area (Å²) in [4.78, 5) is 12.0. The van der Waals surface area contributed by atoms with Gasteiger partial charge in [-0.15, -0.1) is 10.2 Å². The largest absolute Gasteiger partial charge is 0.353 e. The maximum absolute atomic E-state index is 14.1. The van der Waals surface area contributed by atoms with E-state index in [4.69, 9.17) is 0 Å². The first-order valence-electron chi connectivity index (χ1n) is 8.22. The number of aromatic nitrogens is 3. The maximum atomic E-state index is 14.1. The van der Waals surface area contributed by atoms with E-state index >= 15 is 0 Å². The lowest BCUT2D eigenvalue weighted by Gasteiger charge is -2.12. The molecule has 1 aromatic heterocycles. The molecular weight excluding hydrogens is 327 g/mol. The summed E-state index contributed by atoms with van der Waals surface area (Å²) in [6, 6.07) is 7.04. The molecule has 1 heterocycles. The highest BCUT2D eigenvalue weighted by Gasteiger charge is 2.31. The van der Waals surface area contributed by atoms with E-state index < -0.39 is 0 Å². The van der Waals surface area contributed by atoms with Crippen LogP contribution < -0.4 is 5.32 Å². The zero-order valence-corrected chi connectivity index (χ0v) is 14.6. The first kappa shape index (κ1) is 17.0. The standard InChI is InChI=1S/C17H21FN4OS/c1-3-11(2)19-15(23)10-24-17-21-20-16(22(17)12-8-9-12)13-6-4-5-7-14(13)18/h4-7,11-12H,3,8-10H2,1-2H3,(H,19,23)/t11-/m0/s1. The monoisotopic (exact) mass is 348 g/mol. The highest BCUT2D eigenvalue weighted by atomic mass is 32.2. The van der Waals surface area contributed by atoms with Gasteiger partial charge in [0.05, 0.1) is 11.3 Å². The SMILES string of the molecule is CC[C@H](C)NC(=O)CSc1nnc(-c2ccccc2F)n1C1CC1. The van der Waals surface area contributed by atoms with Crippen LogP contribution in [0, 0.1) is 5.82 Å². The van der Waals surface area contributed by atoms with Crippen molar-refractivity contribution in [3.63, 3.8) is 0 Å². The van der Waals surface area contributed by atoms with Gasteiger partial charge in [-0.25, -0.2) is 4.39 Å². The van der Waals surface area contributed by atoms with Crippen LogP contribution in [0.15, 0.2) is 29.4 Å². The number of nitrogens with one attached hydrogen (secondary N) is 1. The average Bonchev–Trinajstić information content (AvgIpc) is 3.33. The fraction of sp³-hybridized carbons (Fsp3) is 0.471.